The van der Waals surface area contributed by atoms with Gasteiger partial charge in [-0.3, -0.25) is 19.2 Å². The predicted molar refractivity (Wildman–Crippen MR) is 161 cm³/mol. The summed E-state index contributed by atoms with van der Waals surface area (Å²) in [4.78, 5) is 56.1. The summed E-state index contributed by atoms with van der Waals surface area (Å²) in [5.41, 5.74) is 0.177. The van der Waals surface area contributed by atoms with E-state index in [0.29, 0.717) is 26.1 Å². The van der Waals surface area contributed by atoms with Crippen LogP contribution in [0.5, 0.6) is 5.75 Å². The normalized spacial score (nSPS) is 19.5. The lowest BCUT2D eigenvalue weighted by molar-refractivity contribution is -0.137. The summed E-state index contributed by atoms with van der Waals surface area (Å²) in [5, 5.41) is 2.14. The minimum Gasteiger partial charge on any atom is -0.483 e. The number of H-pyrrole nitrogens is 1. The maximum atomic E-state index is 14.0. The molecule has 0 spiro atoms. The number of halogens is 4. The van der Waals surface area contributed by atoms with Crippen molar-refractivity contribution in [1.82, 2.24) is 4.98 Å². The van der Waals surface area contributed by atoms with E-state index in [-0.39, 0.29) is 10.8 Å². The number of fused-ring (bicyclic) bond motifs is 2. The van der Waals surface area contributed by atoms with Crippen molar-refractivity contribution in [3.05, 3.63) is 103 Å². The molecule has 1 saturated heterocycles. The molecular formula is C30H21ClF3N3O5S2. The first kappa shape index (κ1) is 30.0. The Morgan fingerprint density at radius 2 is 1.77 bits per heavy atom. The molecule has 1 fully saturated rings. The molecule has 0 bridgehead atoms. The van der Waals surface area contributed by atoms with Crippen molar-refractivity contribution in [2.75, 3.05) is 16.8 Å². The predicted octanol–water partition coefficient (Wildman–Crippen LogP) is 6.23. The summed E-state index contributed by atoms with van der Waals surface area (Å²) in [6.45, 7) is 1.49. The molecule has 3 aromatic carbocycles. The summed E-state index contributed by atoms with van der Waals surface area (Å²) in [6, 6.07) is 16.0. The molecule has 0 saturated carbocycles. The lowest BCUT2D eigenvalue weighted by Gasteiger charge is -2.31. The van der Waals surface area contributed by atoms with E-state index in [1.54, 1.807) is 12.1 Å². The molecule has 2 aliphatic rings. The Kier molecular flexibility index (Phi) is 7.80. The minimum absolute atomic E-state index is 0.158. The maximum absolute atomic E-state index is 14.0. The quantitative estimate of drug-likeness (QED) is 0.238. The molecule has 14 heteroatoms. The molecule has 226 valence electrons. The number of aromatic nitrogens is 1. The van der Waals surface area contributed by atoms with Crippen LogP contribution in [0.3, 0.4) is 0 Å². The summed E-state index contributed by atoms with van der Waals surface area (Å²) in [7, 11) is 0. The highest BCUT2D eigenvalue weighted by molar-refractivity contribution is 8.00. The number of aryl methyl sites for hydroxylation is 1. The third-order valence-electron chi connectivity index (χ3n) is 7.28. The van der Waals surface area contributed by atoms with E-state index in [2.05, 4.69) is 10.3 Å². The largest absolute Gasteiger partial charge is 0.483 e. The third-order valence-corrected chi connectivity index (χ3v) is 9.91. The third kappa shape index (κ3) is 5.51. The van der Waals surface area contributed by atoms with Crippen LogP contribution in [0.15, 0.2) is 76.6 Å². The van der Waals surface area contributed by atoms with Gasteiger partial charge in [0.2, 0.25) is 11.8 Å². The average molecular weight is 660 g/mol. The van der Waals surface area contributed by atoms with Crippen molar-refractivity contribution >= 4 is 63.8 Å². The van der Waals surface area contributed by atoms with E-state index in [9.17, 15) is 32.3 Å². The van der Waals surface area contributed by atoms with Gasteiger partial charge in [0.05, 0.1) is 22.2 Å². The molecule has 0 aliphatic carbocycles. The fraction of sp³-hybridized carbons (Fsp3) is 0.200. The Hall–Kier alpha value is -4.07. The number of rotatable bonds is 6. The lowest BCUT2D eigenvalue weighted by atomic mass is 9.82. The molecule has 44 heavy (non-hydrogen) atoms. The molecule has 6 rings (SSSR count). The molecule has 2 unspecified atom stereocenters. The fourth-order valence-electron chi connectivity index (χ4n) is 5.37. The number of alkyl halides is 3. The first-order chi connectivity index (χ1) is 20.9. The Balaban J connectivity index is 1.38. The van der Waals surface area contributed by atoms with Crippen LogP contribution in [0.25, 0.3) is 0 Å². The summed E-state index contributed by atoms with van der Waals surface area (Å²) in [6.07, 6.45) is -4.82. The van der Waals surface area contributed by atoms with Crippen molar-refractivity contribution in [1.29, 1.82) is 0 Å². The number of thioether (sulfide) groups is 1. The Labute approximate surface area is 261 Å². The first-order valence-corrected chi connectivity index (χ1v) is 15.2. The summed E-state index contributed by atoms with van der Waals surface area (Å²) >= 11 is 8.11. The number of imide groups is 1. The molecule has 0 radical (unpaired) electrons. The van der Waals surface area contributed by atoms with Gasteiger partial charge in [0, 0.05) is 27.1 Å². The number of hydrogen-bond donors (Lipinski definition) is 2. The molecule has 3 heterocycles. The molecule has 3 atom stereocenters. The van der Waals surface area contributed by atoms with Gasteiger partial charge in [-0.05, 0) is 49.4 Å². The van der Waals surface area contributed by atoms with E-state index in [0.717, 1.165) is 40.8 Å². The number of para-hydroxylation sites is 1. The zero-order valence-electron chi connectivity index (χ0n) is 22.6. The SMILES string of the molecule is Cc1ccc(NC(=O)COc2ccc(Cl)cc2[C@H]2c3sc(=O)[nH]c3SC3C(=O)N(c4ccccc4C(F)(F)F)C(=O)C32)cc1. The van der Waals surface area contributed by atoms with Crippen LogP contribution in [-0.4, -0.2) is 34.6 Å². The number of anilines is 2. The second kappa shape index (κ2) is 11.5. The smallest absolute Gasteiger partial charge is 0.418 e. The van der Waals surface area contributed by atoms with Gasteiger partial charge in [-0.1, -0.05) is 64.5 Å². The van der Waals surface area contributed by atoms with Crippen LogP contribution in [-0.2, 0) is 20.6 Å². The van der Waals surface area contributed by atoms with Crippen LogP contribution < -0.4 is 19.8 Å². The molecule has 4 aromatic rings. The maximum Gasteiger partial charge on any atom is 0.418 e. The zero-order valence-corrected chi connectivity index (χ0v) is 25.0. The molecule has 3 amide bonds. The molecule has 1 aromatic heterocycles. The Morgan fingerprint density at radius 1 is 1.05 bits per heavy atom. The van der Waals surface area contributed by atoms with Gasteiger partial charge in [-0.25, -0.2) is 4.90 Å². The monoisotopic (exact) mass is 659 g/mol. The van der Waals surface area contributed by atoms with Crippen LogP contribution >= 0.6 is 34.7 Å². The van der Waals surface area contributed by atoms with Crippen LogP contribution in [0.4, 0.5) is 24.5 Å². The highest BCUT2D eigenvalue weighted by atomic mass is 35.5. The molecular weight excluding hydrogens is 639 g/mol. The van der Waals surface area contributed by atoms with Crippen molar-refractivity contribution in [3.63, 3.8) is 0 Å². The average Bonchev–Trinajstić information content (AvgIpc) is 3.47. The van der Waals surface area contributed by atoms with E-state index in [1.165, 1.54) is 30.3 Å². The summed E-state index contributed by atoms with van der Waals surface area (Å²) in [5.74, 6) is -4.20. The zero-order chi connectivity index (χ0) is 31.3. The van der Waals surface area contributed by atoms with Gasteiger partial charge in [-0.2, -0.15) is 13.2 Å². The number of nitrogens with zero attached hydrogens (tertiary/aromatic N) is 1. The lowest BCUT2D eigenvalue weighted by Crippen LogP contribution is -2.33. The number of aromatic amines is 1. The number of amides is 3. The molecule has 8 nitrogen and oxygen atoms in total. The van der Waals surface area contributed by atoms with Crippen LogP contribution in [0, 0.1) is 12.8 Å². The van der Waals surface area contributed by atoms with Gasteiger partial charge in [0.25, 0.3) is 5.91 Å². The second-order valence-corrected chi connectivity index (χ2v) is 12.8. The van der Waals surface area contributed by atoms with Gasteiger partial charge in [0.1, 0.15) is 11.0 Å². The molecule has 2 N–H and O–H groups in total. The fourth-order valence-corrected chi connectivity index (χ4v) is 8.06. The number of benzene rings is 3. The van der Waals surface area contributed by atoms with Crippen LogP contribution in [0.1, 0.15) is 27.5 Å². The minimum atomic E-state index is -4.82. The van der Waals surface area contributed by atoms with E-state index in [1.807, 2.05) is 19.1 Å². The van der Waals surface area contributed by atoms with E-state index < -0.39 is 63.7 Å². The second-order valence-electron chi connectivity index (χ2n) is 10.2. The van der Waals surface area contributed by atoms with Crippen molar-refractivity contribution in [2.45, 2.75) is 29.3 Å². The van der Waals surface area contributed by atoms with Crippen molar-refractivity contribution < 1.29 is 32.3 Å². The Bertz CT molecular complexity index is 1860. The highest BCUT2D eigenvalue weighted by Crippen LogP contribution is 2.55. The van der Waals surface area contributed by atoms with Gasteiger partial charge < -0.3 is 15.0 Å². The standard InChI is InChI=1S/C30H21ClF3N3O5S2/c1-14-6-9-16(10-7-14)35-21(38)13-42-20-11-8-15(31)12-17(20)22-23-25(43-26-24(22)44-29(41)36-26)28(40)37(27(23)39)19-5-3-2-4-18(19)30(32,33)34/h2-12,22-23,25H,13H2,1H3,(H,35,38)(H,36,41)/t22-,23?,25?/m1/s1. The highest BCUT2D eigenvalue weighted by Gasteiger charge is 2.57. The van der Waals surface area contributed by atoms with Gasteiger partial charge >= 0.3 is 11.0 Å². The van der Waals surface area contributed by atoms with E-state index >= 15 is 0 Å². The van der Waals surface area contributed by atoms with E-state index in [4.69, 9.17) is 16.3 Å². The Morgan fingerprint density at radius 3 is 2.50 bits per heavy atom. The van der Waals surface area contributed by atoms with Crippen molar-refractivity contribution in [2.24, 2.45) is 5.92 Å². The number of hydrogen-bond acceptors (Lipinski definition) is 7. The first-order valence-electron chi connectivity index (χ1n) is 13.1. The summed E-state index contributed by atoms with van der Waals surface area (Å²) < 4.78 is 47.7. The number of carbonyl (C=O) groups excluding carboxylic acids is 3. The number of ether oxygens (including phenoxy) is 1. The number of carbonyl (C=O) groups is 3. The van der Waals surface area contributed by atoms with Crippen LogP contribution in [0.2, 0.25) is 5.02 Å². The topological polar surface area (TPSA) is 109 Å². The van der Waals surface area contributed by atoms with Crippen molar-refractivity contribution in [3.8, 4) is 5.75 Å². The van der Waals surface area contributed by atoms with Gasteiger partial charge in [0.15, 0.2) is 6.61 Å². The number of nitrogens with one attached hydrogen (secondary N) is 2. The molecule has 2 aliphatic heterocycles. The number of thiazole rings is 1. The van der Waals surface area contributed by atoms with Gasteiger partial charge in [-0.15, -0.1) is 0 Å².